The minimum atomic E-state index is 0.425. The summed E-state index contributed by atoms with van der Waals surface area (Å²) in [5.41, 5.74) is 1.69. The van der Waals surface area contributed by atoms with Crippen molar-refractivity contribution >= 4 is 21.7 Å². The van der Waals surface area contributed by atoms with Crippen LogP contribution in [0.25, 0.3) is 11.4 Å². The number of rotatable bonds is 5. The third-order valence-corrected chi connectivity index (χ3v) is 3.30. The van der Waals surface area contributed by atoms with Gasteiger partial charge in [-0.2, -0.15) is 0 Å². The van der Waals surface area contributed by atoms with Gasteiger partial charge in [0.05, 0.1) is 16.8 Å². The number of hydrogen-bond donors (Lipinski definition) is 1. The Balaban J connectivity index is 2.49. The molecule has 5 nitrogen and oxygen atoms in total. The van der Waals surface area contributed by atoms with E-state index in [1.807, 2.05) is 19.1 Å². The molecule has 19 heavy (non-hydrogen) atoms. The molecule has 1 N–H and O–H groups in total. The maximum Gasteiger partial charge on any atom is 0.163 e. The largest absolute Gasteiger partial charge is 0.378 e. The molecule has 2 aromatic rings. The van der Waals surface area contributed by atoms with Gasteiger partial charge in [0.15, 0.2) is 5.82 Å². The Labute approximate surface area is 120 Å². The van der Waals surface area contributed by atoms with Gasteiger partial charge in [0, 0.05) is 31.6 Å². The van der Waals surface area contributed by atoms with Gasteiger partial charge in [0.1, 0.15) is 5.82 Å². The average molecular weight is 323 g/mol. The van der Waals surface area contributed by atoms with Crippen LogP contribution in [0, 0.1) is 0 Å². The number of halogens is 1. The van der Waals surface area contributed by atoms with Gasteiger partial charge in [-0.1, -0.05) is 0 Å². The molecule has 100 valence electrons. The van der Waals surface area contributed by atoms with E-state index in [2.05, 4.69) is 36.2 Å². The molecule has 2 heterocycles. The molecule has 0 radical (unpaired) electrons. The van der Waals surface area contributed by atoms with Gasteiger partial charge in [0.2, 0.25) is 0 Å². The van der Waals surface area contributed by atoms with Crippen molar-refractivity contribution in [2.24, 2.45) is 0 Å². The molecular formula is C13H15BrN4O. The van der Waals surface area contributed by atoms with Gasteiger partial charge in [0.25, 0.3) is 0 Å². The minimum Gasteiger partial charge on any atom is -0.378 e. The third kappa shape index (κ3) is 3.27. The Hall–Kier alpha value is -1.53. The van der Waals surface area contributed by atoms with Gasteiger partial charge < -0.3 is 10.1 Å². The minimum absolute atomic E-state index is 0.425. The van der Waals surface area contributed by atoms with Crippen molar-refractivity contribution in [1.29, 1.82) is 0 Å². The lowest BCUT2D eigenvalue weighted by molar-refractivity contribution is 0.181. The molecule has 0 aliphatic carbocycles. The van der Waals surface area contributed by atoms with E-state index in [1.54, 1.807) is 19.5 Å². The number of methoxy groups -OCH3 is 1. The first-order valence-corrected chi connectivity index (χ1v) is 6.75. The first-order valence-electron chi connectivity index (χ1n) is 5.95. The maximum atomic E-state index is 5.17. The highest BCUT2D eigenvalue weighted by molar-refractivity contribution is 9.10. The monoisotopic (exact) mass is 322 g/mol. The number of nitrogens with zero attached hydrogens (tertiary/aromatic N) is 3. The van der Waals surface area contributed by atoms with E-state index in [4.69, 9.17) is 4.74 Å². The van der Waals surface area contributed by atoms with Crippen molar-refractivity contribution in [3.8, 4) is 11.4 Å². The molecule has 0 aliphatic heterocycles. The highest BCUT2D eigenvalue weighted by atomic mass is 79.9. The number of anilines is 1. The molecule has 0 aromatic carbocycles. The average Bonchev–Trinajstić information content (AvgIpc) is 2.44. The Kier molecular flexibility index (Phi) is 4.81. The molecular weight excluding hydrogens is 308 g/mol. The molecule has 0 saturated heterocycles. The number of ether oxygens (including phenoxy) is 1. The summed E-state index contributed by atoms with van der Waals surface area (Å²) in [6.45, 7) is 3.23. The first kappa shape index (κ1) is 13.9. The van der Waals surface area contributed by atoms with Crippen LogP contribution in [-0.4, -0.2) is 28.6 Å². The summed E-state index contributed by atoms with van der Waals surface area (Å²) in [6.07, 6.45) is 3.47. The fourth-order valence-electron chi connectivity index (χ4n) is 1.63. The van der Waals surface area contributed by atoms with Gasteiger partial charge in [-0.05, 0) is 35.0 Å². The molecule has 0 aliphatic rings. The lowest BCUT2D eigenvalue weighted by atomic mass is 10.2. The van der Waals surface area contributed by atoms with E-state index in [9.17, 15) is 0 Å². The molecule has 0 bridgehead atoms. The van der Waals surface area contributed by atoms with Crippen LogP contribution in [0.15, 0.2) is 29.0 Å². The zero-order chi connectivity index (χ0) is 13.7. The molecule has 0 spiro atoms. The zero-order valence-corrected chi connectivity index (χ0v) is 12.4. The fraction of sp³-hybridized carbons (Fsp3) is 0.308. The van der Waals surface area contributed by atoms with Crippen molar-refractivity contribution in [3.63, 3.8) is 0 Å². The maximum absolute atomic E-state index is 5.17. The number of pyridine rings is 1. The second-order valence-electron chi connectivity index (χ2n) is 3.86. The molecule has 2 aromatic heterocycles. The molecule has 2 rings (SSSR count). The topological polar surface area (TPSA) is 59.9 Å². The van der Waals surface area contributed by atoms with Crippen LogP contribution >= 0.6 is 15.9 Å². The van der Waals surface area contributed by atoms with Gasteiger partial charge >= 0.3 is 0 Å². The second kappa shape index (κ2) is 6.58. The van der Waals surface area contributed by atoms with Crippen molar-refractivity contribution in [2.75, 3.05) is 19.0 Å². The summed E-state index contributed by atoms with van der Waals surface area (Å²) in [5.74, 6) is 1.41. The summed E-state index contributed by atoms with van der Waals surface area (Å²) in [4.78, 5) is 13.1. The van der Waals surface area contributed by atoms with Gasteiger partial charge in [-0.3, -0.25) is 4.98 Å². The van der Waals surface area contributed by atoms with Crippen LogP contribution in [0.3, 0.4) is 0 Å². The second-order valence-corrected chi connectivity index (χ2v) is 4.65. The van der Waals surface area contributed by atoms with Crippen LogP contribution < -0.4 is 5.32 Å². The van der Waals surface area contributed by atoms with Crippen molar-refractivity contribution in [3.05, 3.63) is 34.7 Å². The highest BCUT2D eigenvalue weighted by Crippen LogP contribution is 2.27. The van der Waals surface area contributed by atoms with Crippen LogP contribution in [-0.2, 0) is 11.3 Å². The Morgan fingerprint density at radius 1 is 1.37 bits per heavy atom. The van der Waals surface area contributed by atoms with Crippen LogP contribution in [0.2, 0.25) is 0 Å². The van der Waals surface area contributed by atoms with E-state index in [1.165, 1.54) is 0 Å². The molecule has 0 amide bonds. The Morgan fingerprint density at radius 2 is 2.21 bits per heavy atom. The van der Waals surface area contributed by atoms with Gasteiger partial charge in [-0.25, -0.2) is 9.97 Å². The molecule has 0 fully saturated rings. The van der Waals surface area contributed by atoms with E-state index in [-0.39, 0.29) is 0 Å². The predicted molar refractivity (Wildman–Crippen MR) is 77.8 cm³/mol. The fourth-order valence-corrected chi connectivity index (χ4v) is 2.07. The quantitative estimate of drug-likeness (QED) is 0.917. The summed E-state index contributed by atoms with van der Waals surface area (Å²) < 4.78 is 6.01. The zero-order valence-electron chi connectivity index (χ0n) is 10.9. The molecule has 0 unspecified atom stereocenters. The molecule has 6 heteroatoms. The van der Waals surface area contributed by atoms with E-state index >= 15 is 0 Å². The Bertz CT molecular complexity index is 521. The highest BCUT2D eigenvalue weighted by Gasteiger charge is 2.13. The summed E-state index contributed by atoms with van der Waals surface area (Å²) >= 11 is 3.51. The van der Waals surface area contributed by atoms with Crippen LogP contribution in [0.5, 0.6) is 0 Å². The first-order chi connectivity index (χ1) is 9.26. The standard InChI is InChI=1S/C13H15BrN4O/c1-3-16-13-11(14)10(8-19-2)17-12(18-13)9-5-4-6-15-7-9/h4-7H,3,8H2,1-2H3,(H,16,17,18). The summed E-state index contributed by atoms with van der Waals surface area (Å²) in [7, 11) is 1.64. The van der Waals surface area contributed by atoms with Crippen molar-refractivity contribution in [2.45, 2.75) is 13.5 Å². The number of nitrogens with one attached hydrogen (secondary N) is 1. The van der Waals surface area contributed by atoms with Crippen molar-refractivity contribution in [1.82, 2.24) is 15.0 Å². The van der Waals surface area contributed by atoms with Gasteiger partial charge in [-0.15, -0.1) is 0 Å². The van der Waals surface area contributed by atoms with Crippen LogP contribution in [0.4, 0.5) is 5.82 Å². The number of hydrogen-bond acceptors (Lipinski definition) is 5. The van der Waals surface area contributed by atoms with E-state index in [0.717, 1.165) is 28.1 Å². The van der Waals surface area contributed by atoms with Crippen molar-refractivity contribution < 1.29 is 4.74 Å². The normalized spacial score (nSPS) is 10.5. The summed E-state index contributed by atoms with van der Waals surface area (Å²) in [6, 6.07) is 3.80. The third-order valence-electron chi connectivity index (χ3n) is 2.46. The van der Waals surface area contributed by atoms with E-state index < -0.39 is 0 Å². The number of aromatic nitrogens is 3. The van der Waals surface area contributed by atoms with Crippen LogP contribution in [0.1, 0.15) is 12.6 Å². The SMILES string of the molecule is CCNc1nc(-c2cccnc2)nc(COC)c1Br. The molecule has 0 atom stereocenters. The Morgan fingerprint density at radius 3 is 2.84 bits per heavy atom. The molecule has 0 saturated carbocycles. The van der Waals surface area contributed by atoms with E-state index in [0.29, 0.717) is 12.4 Å². The lowest BCUT2D eigenvalue weighted by Gasteiger charge is -2.11. The predicted octanol–water partition coefficient (Wildman–Crippen LogP) is 2.88. The smallest absolute Gasteiger partial charge is 0.163 e. The summed E-state index contributed by atoms with van der Waals surface area (Å²) in [5, 5.41) is 3.21. The lowest BCUT2D eigenvalue weighted by Crippen LogP contribution is -2.07.